The van der Waals surface area contributed by atoms with Gasteiger partial charge in [0.25, 0.3) is 8.32 Å². The molecule has 0 aromatic carbocycles. The Hall–Kier alpha value is -1.06. The van der Waals surface area contributed by atoms with Crippen LogP contribution >= 0.6 is 0 Å². The van der Waals surface area contributed by atoms with E-state index in [-0.39, 0.29) is 0 Å². The lowest BCUT2D eigenvalue weighted by Crippen LogP contribution is -2.32. The van der Waals surface area contributed by atoms with Gasteiger partial charge in [0, 0.05) is 6.61 Å². The molecule has 0 aliphatic rings. The zero-order valence-corrected chi connectivity index (χ0v) is 10.6. The zero-order chi connectivity index (χ0) is 12.2. The first-order valence-electron chi connectivity index (χ1n) is 4.93. The summed E-state index contributed by atoms with van der Waals surface area (Å²) in [6.45, 7) is 17.0. The molecule has 3 heteroatoms. The van der Waals surface area contributed by atoms with E-state index in [1.165, 1.54) is 0 Å². The molecule has 0 unspecified atom stereocenters. The molecule has 0 aromatic rings. The van der Waals surface area contributed by atoms with E-state index in [1.54, 1.807) is 0 Å². The topological polar surface area (TPSA) is 29.1 Å². The van der Waals surface area contributed by atoms with E-state index in [9.17, 15) is 0 Å². The fourth-order valence-corrected chi connectivity index (χ4v) is 2.17. The highest BCUT2D eigenvalue weighted by Crippen LogP contribution is 2.09. The Bertz CT molecular complexity index is 178. The molecule has 0 spiro atoms. The van der Waals surface area contributed by atoms with E-state index < -0.39 is 8.32 Å². The maximum Gasteiger partial charge on any atom is 0.264 e. The molecule has 0 saturated heterocycles. The van der Waals surface area contributed by atoms with Crippen LogP contribution in [0.4, 0.5) is 0 Å². The highest BCUT2D eigenvalue weighted by atomic mass is 28.4. The van der Waals surface area contributed by atoms with E-state index >= 15 is 0 Å². The SMILES string of the molecule is C=C[O].C=C[Si](C=C)(C=C)OCCCC. The van der Waals surface area contributed by atoms with Crippen LogP contribution < -0.4 is 0 Å². The molecule has 1 radical (unpaired) electrons. The van der Waals surface area contributed by atoms with Gasteiger partial charge in [-0.2, -0.15) is 0 Å². The molecule has 0 amide bonds. The molecule has 2 nitrogen and oxygen atoms in total. The van der Waals surface area contributed by atoms with Crippen LogP contribution in [0.2, 0.25) is 0 Å². The standard InChI is InChI=1S/C10H18OSi.C2H3O/c1-5-9-10-11-12(6-2,7-3)8-4;1-2-3/h6-8H,2-5,9-10H2,1H3;2H,1H2. The van der Waals surface area contributed by atoms with Gasteiger partial charge in [-0.25, -0.2) is 0 Å². The van der Waals surface area contributed by atoms with Gasteiger partial charge in [-0.15, -0.1) is 19.7 Å². The summed E-state index contributed by atoms with van der Waals surface area (Å²) in [4.78, 5) is 0. The van der Waals surface area contributed by atoms with Crippen LogP contribution in [-0.2, 0) is 9.53 Å². The van der Waals surface area contributed by atoms with Crippen molar-refractivity contribution < 1.29 is 9.53 Å². The average molecular weight is 225 g/mol. The predicted octanol–water partition coefficient (Wildman–Crippen LogP) is 3.48. The summed E-state index contributed by atoms with van der Waals surface area (Å²) in [6, 6.07) is 0. The highest BCUT2D eigenvalue weighted by Gasteiger charge is 2.22. The molecule has 0 atom stereocenters. The Morgan fingerprint density at radius 3 is 1.80 bits per heavy atom. The van der Waals surface area contributed by atoms with Crippen molar-refractivity contribution in [1.82, 2.24) is 0 Å². The molecule has 0 N–H and O–H groups in total. The summed E-state index contributed by atoms with van der Waals surface area (Å²) in [7, 11) is -1.96. The Morgan fingerprint density at radius 1 is 1.13 bits per heavy atom. The van der Waals surface area contributed by atoms with Crippen molar-refractivity contribution in [2.24, 2.45) is 0 Å². The second-order valence-electron chi connectivity index (χ2n) is 2.83. The highest BCUT2D eigenvalue weighted by molar-refractivity contribution is 6.87. The largest absolute Gasteiger partial charge is 0.405 e. The Balaban J connectivity index is 0. The van der Waals surface area contributed by atoms with Crippen LogP contribution in [0.25, 0.3) is 0 Å². The molecule has 85 valence electrons. The zero-order valence-electron chi connectivity index (χ0n) is 9.58. The van der Waals surface area contributed by atoms with Gasteiger partial charge in [0.1, 0.15) is 6.26 Å². The second-order valence-corrected chi connectivity index (χ2v) is 6.06. The van der Waals surface area contributed by atoms with Crippen LogP contribution in [0.3, 0.4) is 0 Å². The average Bonchev–Trinajstić information content (AvgIpc) is 2.27. The quantitative estimate of drug-likeness (QED) is 0.370. The van der Waals surface area contributed by atoms with E-state index in [4.69, 9.17) is 9.53 Å². The molecule has 0 bridgehead atoms. The first kappa shape index (κ1) is 16.4. The van der Waals surface area contributed by atoms with Gasteiger partial charge in [0.05, 0.1) is 0 Å². The van der Waals surface area contributed by atoms with E-state index in [0.717, 1.165) is 19.4 Å². The van der Waals surface area contributed by atoms with Gasteiger partial charge in [0.2, 0.25) is 0 Å². The third kappa shape index (κ3) is 7.97. The fourth-order valence-electron chi connectivity index (χ4n) is 0.820. The molecule has 15 heavy (non-hydrogen) atoms. The van der Waals surface area contributed by atoms with Crippen LogP contribution in [0.5, 0.6) is 0 Å². The van der Waals surface area contributed by atoms with Crippen molar-refractivity contribution in [2.45, 2.75) is 19.8 Å². The number of unbranched alkanes of at least 4 members (excludes halogenated alkanes) is 1. The number of hydrogen-bond donors (Lipinski definition) is 0. The van der Waals surface area contributed by atoms with Crippen molar-refractivity contribution >= 4 is 8.32 Å². The second kappa shape index (κ2) is 11.0. The van der Waals surface area contributed by atoms with Gasteiger partial charge in [-0.3, -0.25) is 5.11 Å². The predicted molar refractivity (Wildman–Crippen MR) is 68.1 cm³/mol. The van der Waals surface area contributed by atoms with E-state index in [0.29, 0.717) is 6.26 Å². The van der Waals surface area contributed by atoms with Crippen molar-refractivity contribution in [3.05, 3.63) is 49.7 Å². The molecule has 0 heterocycles. The van der Waals surface area contributed by atoms with Crippen molar-refractivity contribution in [2.75, 3.05) is 6.61 Å². The molecule has 0 aromatic heterocycles. The van der Waals surface area contributed by atoms with Crippen LogP contribution in [0, 0.1) is 0 Å². The minimum Gasteiger partial charge on any atom is -0.405 e. The summed E-state index contributed by atoms with van der Waals surface area (Å²) in [5.74, 6) is 0. The van der Waals surface area contributed by atoms with Crippen molar-refractivity contribution in [3.63, 3.8) is 0 Å². The van der Waals surface area contributed by atoms with Gasteiger partial charge in [-0.1, -0.05) is 37.0 Å². The van der Waals surface area contributed by atoms with Crippen molar-refractivity contribution in [3.8, 4) is 0 Å². The smallest absolute Gasteiger partial charge is 0.264 e. The molecular weight excluding hydrogens is 204 g/mol. The Morgan fingerprint density at radius 2 is 1.53 bits per heavy atom. The lowest BCUT2D eigenvalue weighted by atomic mass is 10.4. The molecule has 0 rings (SSSR count). The lowest BCUT2D eigenvalue weighted by Gasteiger charge is -2.19. The first-order chi connectivity index (χ1) is 7.16. The summed E-state index contributed by atoms with van der Waals surface area (Å²) in [5.41, 5.74) is 5.55. The third-order valence-corrected chi connectivity index (χ3v) is 4.43. The van der Waals surface area contributed by atoms with Crippen LogP contribution in [0.1, 0.15) is 19.8 Å². The maximum absolute atomic E-state index is 8.69. The van der Waals surface area contributed by atoms with E-state index in [1.807, 2.05) is 17.1 Å². The van der Waals surface area contributed by atoms with E-state index in [2.05, 4.69) is 33.2 Å². The van der Waals surface area contributed by atoms with Crippen LogP contribution in [0.15, 0.2) is 49.7 Å². The normalized spacial score (nSPS) is 9.40. The Labute approximate surface area is 94.4 Å². The summed E-state index contributed by atoms with van der Waals surface area (Å²) < 4.78 is 5.70. The summed E-state index contributed by atoms with van der Waals surface area (Å²) in [5, 5.41) is 8.69. The summed E-state index contributed by atoms with van der Waals surface area (Å²) in [6.07, 6.45) is 2.74. The molecule has 0 aliphatic heterocycles. The molecule has 0 saturated carbocycles. The molecule has 0 aliphatic carbocycles. The number of hydrogen-bond acceptors (Lipinski definition) is 1. The fraction of sp³-hybridized carbons (Fsp3) is 0.333. The monoisotopic (exact) mass is 225 g/mol. The summed E-state index contributed by atoms with van der Waals surface area (Å²) >= 11 is 0. The van der Waals surface area contributed by atoms with Crippen LogP contribution in [-0.4, -0.2) is 14.9 Å². The molecule has 0 fully saturated rings. The minimum absolute atomic E-state index is 0.500. The van der Waals surface area contributed by atoms with Gasteiger partial charge < -0.3 is 4.43 Å². The lowest BCUT2D eigenvalue weighted by molar-refractivity contribution is 0.312. The number of rotatable bonds is 7. The van der Waals surface area contributed by atoms with Gasteiger partial charge >= 0.3 is 0 Å². The van der Waals surface area contributed by atoms with Gasteiger partial charge in [-0.05, 0) is 6.42 Å². The third-order valence-electron chi connectivity index (χ3n) is 1.81. The Kier molecular flexibility index (Phi) is 12.0. The minimum atomic E-state index is -1.96. The molecular formula is C12H21O2Si. The maximum atomic E-state index is 8.69. The first-order valence-corrected chi connectivity index (χ1v) is 7.07. The van der Waals surface area contributed by atoms with Crippen molar-refractivity contribution in [1.29, 1.82) is 0 Å². The van der Waals surface area contributed by atoms with Gasteiger partial charge in [0.15, 0.2) is 0 Å².